The zero-order valence-corrected chi connectivity index (χ0v) is 16.0. The summed E-state index contributed by atoms with van der Waals surface area (Å²) in [5.74, 6) is -0.405. The van der Waals surface area contributed by atoms with Crippen LogP contribution in [0.1, 0.15) is 17.4 Å². The highest BCUT2D eigenvalue weighted by atomic mass is 79.9. The van der Waals surface area contributed by atoms with Gasteiger partial charge in [0.1, 0.15) is 5.69 Å². The van der Waals surface area contributed by atoms with Gasteiger partial charge in [0.2, 0.25) is 0 Å². The molecule has 0 spiro atoms. The Bertz CT molecular complexity index is 921. The summed E-state index contributed by atoms with van der Waals surface area (Å²) in [7, 11) is 3.96. The van der Waals surface area contributed by atoms with Crippen LogP contribution in [-0.2, 0) is 4.74 Å². The molecule has 0 unspecified atom stereocenters. The van der Waals surface area contributed by atoms with Crippen LogP contribution in [0.4, 0.5) is 5.69 Å². The Morgan fingerprint density at radius 3 is 2.48 bits per heavy atom. The number of pyridine rings is 1. The van der Waals surface area contributed by atoms with Gasteiger partial charge in [-0.05, 0) is 48.4 Å². The fraction of sp³-hybridized carbons (Fsp3) is 0.200. The van der Waals surface area contributed by atoms with E-state index in [1.54, 1.807) is 13.0 Å². The highest BCUT2D eigenvalue weighted by Crippen LogP contribution is 2.31. The Balaban J connectivity index is 2.25. The number of carbonyl (C=O) groups excluding carboxylic acids is 1. The van der Waals surface area contributed by atoms with Crippen LogP contribution in [0.2, 0.25) is 0 Å². The van der Waals surface area contributed by atoms with Crippen molar-refractivity contribution in [3.8, 4) is 11.1 Å². The molecular formula is C20H19BrN2O2. The minimum atomic E-state index is -0.405. The van der Waals surface area contributed by atoms with Gasteiger partial charge in [-0.25, -0.2) is 9.78 Å². The highest BCUT2D eigenvalue weighted by molar-refractivity contribution is 9.10. The molecule has 0 aliphatic carbocycles. The summed E-state index contributed by atoms with van der Waals surface area (Å²) in [6.07, 6.45) is 0. The largest absolute Gasteiger partial charge is 0.461 e. The second-order valence-electron chi connectivity index (χ2n) is 5.88. The SMILES string of the molecule is CCOC(=O)c1cc(-c2ccc(Br)cc2)c2ccc(N(C)C)cc2n1. The number of benzene rings is 2. The van der Waals surface area contributed by atoms with Crippen molar-refractivity contribution in [2.24, 2.45) is 0 Å². The average molecular weight is 399 g/mol. The molecule has 0 bridgehead atoms. The first-order valence-electron chi connectivity index (χ1n) is 8.05. The van der Waals surface area contributed by atoms with Gasteiger partial charge in [-0.15, -0.1) is 0 Å². The van der Waals surface area contributed by atoms with Gasteiger partial charge in [-0.1, -0.05) is 34.1 Å². The quantitative estimate of drug-likeness (QED) is 0.585. The smallest absolute Gasteiger partial charge is 0.356 e. The molecular weight excluding hydrogens is 380 g/mol. The maximum absolute atomic E-state index is 12.2. The fourth-order valence-electron chi connectivity index (χ4n) is 2.67. The first-order valence-corrected chi connectivity index (χ1v) is 8.84. The number of aromatic nitrogens is 1. The van der Waals surface area contributed by atoms with E-state index in [0.717, 1.165) is 32.2 Å². The van der Waals surface area contributed by atoms with Gasteiger partial charge in [-0.2, -0.15) is 0 Å². The van der Waals surface area contributed by atoms with Crippen LogP contribution in [-0.4, -0.2) is 31.7 Å². The molecule has 3 rings (SSSR count). The zero-order valence-electron chi connectivity index (χ0n) is 14.4. The standard InChI is InChI=1S/C20H19BrN2O2/c1-4-25-20(24)19-12-17(13-5-7-14(21)8-6-13)16-10-9-15(23(2)3)11-18(16)22-19/h5-12H,4H2,1-3H3. The van der Waals surface area contributed by atoms with Gasteiger partial charge in [0.05, 0.1) is 12.1 Å². The van der Waals surface area contributed by atoms with Gasteiger partial charge < -0.3 is 9.64 Å². The molecule has 5 heteroatoms. The van der Waals surface area contributed by atoms with Gasteiger partial charge in [0.15, 0.2) is 0 Å². The van der Waals surface area contributed by atoms with Crippen molar-refractivity contribution in [2.45, 2.75) is 6.92 Å². The van der Waals surface area contributed by atoms with Gasteiger partial charge in [-0.3, -0.25) is 0 Å². The van der Waals surface area contributed by atoms with Crippen LogP contribution in [0.5, 0.6) is 0 Å². The number of ether oxygens (including phenoxy) is 1. The first-order chi connectivity index (χ1) is 12.0. The van der Waals surface area contributed by atoms with Crippen LogP contribution >= 0.6 is 15.9 Å². The number of halogens is 1. The van der Waals surface area contributed by atoms with Crippen LogP contribution in [0, 0.1) is 0 Å². The maximum Gasteiger partial charge on any atom is 0.356 e. The summed E-state index contributed by atoms with van der Waals surface area (Å²) < 4.78 is 6.15. The second kappa shape index (κ2) is 7.23. The van der Waals surface area contributed by atoms with Crippen molar-refractivity contribution in [3.05, 3.63) is 58.7 Å². The summed E-state index contributed by atoms with van der Waals surface area (Å²) in [6.45, 7) is 2.11. The minimum absolute atomic E-state index is 0.322. The van der Waals surface area contributed by atoms with E-state index >= 15 is 0 Å². The van der Waals surface area contributed by atoms with Crippen LogP contribution < -0.4 is 4.90 Å². The Kier molecular flexibility index (Phi) is 5.04. The molecule has 3 aromatic rings. The number of anilines is 1. The summed E-state index contributed by atoms with van der Waals surface area (Å²) in [5.41, 5.74) is 4.12. The molecule has 1 heterocycles. The van der Waals surface area contributed by atoms with Gasteiger partial charge in [0, 0.05) is 29.6 Å². The second-order valence-corrected chi connectivity index (χ2v) is 6.79. The Labute approximate surface area is 155 Å². The number of carbonyl (C=O) groups is 1. The molecule has 2 aromatic carbocycles. The van der Waals surface area contributed by atoms with Crippen molar-refractivity contribution in [3.63, 3.8) is 0 Å². The first kappa shape index (κ1) is 17.4. The summed E-state index contributed by atoms with van der Waals surface area (Å²) in [4.78, 5) is 18.8. The highest BCUT2D eigenvalue weighted by Gasteiger charge is 2.15. The lowest BCUT2D eigenvalue weighted by Crippen LogP contribution is -2.10. The van der Waals surface area contributed by atoms with E-state index in [1.165, 1.54) is 0 Å². The number of esters is 1. The molecule has 0 aliphatic rings. The third-order valence-electron chi connectivity index (χ3n) is 3.95. The average Bonchev–Trinajstić information content (AvgIpc) is 2.61. The molecule has 0 saturated carbocycles. The van der Waals surface area contributed by atoms with Gasteiger partial charge >= 0.3 is 5.97 Å². The predicted octanol–water partition coefficient (Wildman–Crippen LogP) is 4.91. The van der Waals surface area contributed by atoms with Crippen molar-refractivity contribution >= 4 is 38.5 Å². The molecule has 4 nitrogen and oxygen atoms in total. The Morgan fingerprint density at radius 2 is 1.84 bits per heavy atom. The third-order valence-corrected chi connectivity index (χ3v) is 4.48. The van der Waals surface area contributed by atoms with Crippen LogP contribution in [0.3, 0.4) is 0 Å². The fourth-order valence-corrected chi connectivity index (χ4v) is 2.94. The lowest BCUT2D eigenvalue weighted by atomic mass is 9.99. The molecule has 0 fully saturated rings. The number of hydrogen-bond acceptors (Lipinski definition) is 4. The topological polar surface area (TPSA) is 42.4 Å². The molecule has 0 atom stereocenters. The zero-order chi connectivity index (χ0) is 18.0. The molecule has 0 saturated heterocycles. The summed E-state index contributed by atoms with van der Waals surface area (Å²) >= 11 is 3.46. The van der Waals surface area contributed by atoms with E-state index in [0.29, 0.717) is 12.3 Å². The van der Waals surface area contributed by atoms with Crippen molar-refractivity contribution in [2.75, 3.05) is 25.6 Å². The van der Waals surface area contributed by atoms with Crippen molar-refractivity contribution in [1.82, 2.24) is 4.98 Å². The van der Waals surface area contributed by atoms with Gasteiger partial charge in [0.25, 0.3) is 0 Å². The van der Waals surface area contributed by atoms with Crippen LogP contribution in [0.25, 0.3) is 22.0 Å². The van der Waals surface area contributed by atoms with E-state index in [2.05, 4.69) is 27.0 Å². The minimum Gasteiger partial charge on any atom is -0.461 e. The summed E-state index contributed by atoms with van der Waals surface area (Å²) in [5, 5.41) is 1.00. The number of nitrogens with zero attached hydrogens (tertiary/aromatic N) is 2. The van der Waals surface area contributed by atoms with Crippen molar-refractivity contribution < 1.29 is 9.53 Å². The normalized spacial score (nSPS) is 10.7. The van der Waals surface area contributed by atoms with E-state index in [-0.39, 0.29) is 0 Å². The molecule has 1 aromatic heterocycles. The molecule has 0 amide bonds. The van der Waals surface area contributed by atoms with Crippen molar-refractivity contribution in [1.29, 1.82) is 0 Å². The number of rotatable bonds is 4. The third kappa shape index (κ3) is 3.66. The number of hydrogen-bond donors (Lipinski definition) is 0. The monoisotopic (exact) mass is 398 g/mol. The Morgan fingerprint density at radius 1 is 1.12 bits per heavy atom. The molecule has 0 radical (unpaired) electrons. The van der Waals surface area contributed by atoms with E-state index in [1.807, 2.05) is 55.4 Å². The maximum atomic E-state index is 12.2. The van der Waals surface area contributed by atoms with E-state index in [4.69, 9.17) is 4.74 Å². The molecule has 0 N–H and O–H groups in total. The lowest BCUT2D eigenvalue weighted by Gasteiger charge is -2.15. The number of fused-ring (bicyclic) bond motifs is 1. The predicted molar refractivity (Wildman–Crippen MR) is 105 cm³/mol. The van der Waals surface area contributed by atoms with Crippen LogP contribution in [0.15, 0.2) is 53.0 Å². The van der Waals surface area contributed by atoms with E-state index in [9.17, 15) is 4.79 Å². The van der Waals surface area contributed by atoms with E-state index < -0.39 is 5.97 Å². The Hall–Kier alpha value is -2.40. The lowest BCUT2D eigenvalue weighted by molar-refractivity contribution is 0.0520. The molecule has 0 aliphatic heterocycles. The summed E-state index contributed by atoms with van der Waals surface area (Å²) in [6, 6.07) is 15.9. The molecule has 25 heavy (non-hydrogen) atoms. The molecule has 128 valence electrons.